The van der Waals surface area contributed by atoms with Crippen LogP contribution in [0.3, 0.4) is 0 Å². The van der Waals surface area contributed by atoms with Crippen LogP contribution in [-0.2, 0) is 4.79 Å². The summed E-state index contributed by atoms with van der Waals surface area (Å²) in [5, 5.41) is 13.4. The molecule has 4 heteroatoms. The Morgan fingerprint density at radius 1 is 0.900 bits per heavy atom. The van der Waals surface area contributed by atoms with E-state index in [1.165, 1.54) is 5.39 Å². The zero-order chi connectivity index (χ0) is 13.4. The van der Waals surface area contributed by atoms with Crippen molar-refractivity contribution in [1.82, 2.24) is 0 Å². The van der Waals surface area contributed by atoms with E-state index in [9.17, 15) is 4.79 Å². The summed E-state index contributed by atoms with van der Waals surface area (Å²) in [4.78, 5) is 10.9. The van der Waals surface area contributed by atoms with Crippen molar-refractivity contribution in [3.63, 3.8) is 0 Å². The highest BCUT2D eigenvalue weighted by molar-refractivity contribution is 5.98. The van der Waals surface area contributed by atoms with Gasteiger partial charge in [-0.25, -0.2) is 0 Å². The molecule has 0 amide bonds. The molecular formula is C16H14ClNO2. The lowest BCUT2D eigenvalue weighted by molar-refractivity contribution is -0.138. The van der Waals surface area contributed by atoms with Gasteiger partial charge in [0.15, 0.2) is 0 Å². The summed E-state index contributed by atoms with van der Waals surface area (Å²) >= 11 is 0. The van der Waals surface area contributed by atoms with E-state index in [-0.39, 0.29) is 12.4 Å². The Balaban J connectivity index is 0.00000147. The Bertz CT molecular complexity index is 786. The number of aliphatic carboxylic acids is 1. The van der Waals surface area contributed by atoms with E-state index >= 15 is 0 Å². The molecule has 0 saturated heterocycles. The topological polar surface area (TPSA) is 63.3 Å². The Hall–Kier alpha value is -2.10. The molecule has 0 heterocycles. The number of halogens is 1. The van der Waals surface area contributed by atoms with Crippen molar-refractivity contribution >= 4 is 39.9 Å². The zero-order valence-corrected chi connectivity index (χ0v) is 11.4. The second-order valence-corrected chi connectivity index (χ2v) is 4.62. The molecule has 3 aromatic carbocycles. The first-order valence-electron chi connectivity index (χ1n) is 6.06. The first-order chi connectivity index (χ1) is 9.15. The Morgan fingerprint density at radius 3 is 2.05 bits per heavy atom. The lowest BCUT2D eigenvalue weighted by atomic mass is 9.99. The van der Waals surface area contributed by atoms with Gasteiger partial charge < -0.3 is 10.8 Å². The molecular weight excluding hydrogens is 274 g/mol. The molecule has 0 aliphatic heterocycles. The molecule has 3 N–H and O–H groups in total. The van der Waals surface area contributed by atoms with Crippen molar-refractivity contribution in [2.45, 2.75) is 6.04 Å². The van der Waals surface area contributed by atoms with Gasteiger partial charge in [0.25, 0.3) is 0 Å². The van der Waals surface area contributed by atoms with Crippen LogP contribution < -0.4 is 5.73 Å². The molecule has 0 aliphatic rings. The van der Waals surface area contributed by atoms with Gasteiger partial charge in [-0.15, -0.1) is 12.4 Å². The molecule has 0 spiro atoms. The smallest absolute Gasteiger partial charge is 0.325 e. The van der Waals surface area contributed by atoms with Crippen molar-refractivity contribution < 1.29 is 9.90 Å². The van der Waals surface area contributed by atoms with E-state index in [1.807, 2.05) is 30.3 Å². The molecule has 102 valence electrons. The van der Waals surface area contributed by atoms with E-state index in [2.05, 4.69) is 18.2 Å². The molecule has 3 aromatic rings. The molecule has 0 fully saturated rings. The van der Waals surface area contributed by atoms with Crippen LogP contribution in [0.15, 0.2) is 54.6 Å². The third-order valence-electron chi connectivity index (χ3n) is 3.35. The molecule has 1 atom stereocenters. The van der Waals surface area contributed by atoms with Crippen LogP contribution in [0.2, 0.25) is 0 Å². The van der Waals surface area contributed by atoms with Gasteiger partial charge in [-0.2, -0.15) is 0 Å². The van der Waals surface area contributed by atoms with Crippen molar-refractivity contribution in [3.8, 4) is 0 Å². The average Bonchev–Trinajstić information content (AvgIpc) is 2.43. The SMILES string of the molecule is Cl.N[C@H](C(=O)O)c1ccc2cc3ccccc3cc2c1. The zero-order valence-electron chi connectivity index (χ0n) is 10.6. The molecule has 3 rings (SSSR count). The van der Waals surface area contributed by atoms with Gasteiger partial charge in [0.05, 0.1) is 0 Å². The van der Waals surface area contributed by atoms with Crippen molar-refractivity contribution in [2.24, 2.45) is 5.73 Å². The largest absolute Gasteiger partial charge is 0.480 e. The van der Waals surface area contributed by atoms with E-state index < -0.39 is 12.0 Å². The molecule has 3 nitrogen and oxygen atoms in total. The lowest BCUT2D eigenvalue weighted by Crippen LogP contribution is -2.20. The highest BCUT2D eigenvalue weighted by atomic mass is 35.5. The summed E-state index contributed by atoms with van der Waals surface area (Å²) in [7, 11) is 0. The third-order valence-corrected chi connectivity index (χ3v) is 3.35. The number of rotatable bonds is 2. The Morgan fingerprint density at radius 2 is 1.45 bits per heavy atom. The van der Waals surface area contributed by atoms with Crippen LogP contribution in [0.1, 0.15) is 11.6 Å². The second kappa shape index (κ2) is 5.49. The van der Waals surface area contributed by atoms with Gasteiger partial charge in [-0.1, -0.05) is 36.4 Å². The number of carbonyl (C=O) groups is 1. The van der Waals surface area contributed by atoms with Crippen molar-refractivity contribution in [3.05, 3.63) is 60.2 Å². The minimum absolute atomic E-state index is 0. The van der Waals surface area contributed by atoms with Crippen LogP contribution in [0.5, 0.6) is 0 Å². The van der Waals surface area contributed by atoms with Crippen LogP contribution in [0.25, 0.3) is 21.5 Å². The van der Waals surface area contributed by atoms with Gasteiger partial charge in [-0.05, 0) is 45.3 Å². The number of nitrogens with two attached hydrogens (primary N) is 1. The molecule has 0 aromatic heterocycles. The summed E-state index contributed by atoms with van der Waals surface area (Å²) in [5.41, 5.74) is 6.26. The highest BCUT2D eigenvalue weighted by Crippen LogP contribution is 2.25. The van der Waals surface area contributed by atoms with E-state index in [1.54, 1.807) is 6.07 Å². The van der Waals surface area contributed by atoms with Gasteiger partial charge >= 0.3 is 5.97 Å². The van der Waals surface area contributed by atoms with Crippen LogP contribution >= 0.6 is 12.4 Å². The highest BCUT2D eigenvalue weighted by Gasteiger charge is 2.14. The standard InChI is InChI=1S/C16H13NO2.ClH/c17-15(16(18)19)13-6-5-12-7-10-3-1-2-4-11(10)8-14(12)9-13;/h1-9,15H,17H2,(H,18,19);1H/t15-;/m0./s1. The summed E-state index contributed by atoms with van der Waals surface area (Å²) < 4.78 is 0. The van der Waals surface area contributed by atoms with E-state index in [0.717, 1.165) is 16.2 Å². The number of carboxylic acids is 1. The third kappa shape index (κ3) is 2.46. The summed E-state index contributed by atoms with van der Waals surface area (Å²) in [5.74, 6) is -1.01. The first-order valence-corrected chi connectivity index (χ1v) is 6.06. The number of carboxylic acid groups (broad SMARTS) is 1. The van der Waals surface area contributed by atoms with Crippen LogP contribution in [0.4, 0.5) is 0 Å². The summed E-state index contributed by atoms with van der Waals surface area (Å²) in [6.45, 7) is 0. The Labute approximate surface area is 122 Å². The van der Waals surface area contributed by atoms with Crippen LogP contribution in [-0.4, -0.2) is 11.1 Å². The molecule has 20 heavy (non-hydrogen) atoms. The quantitative estimate of drug-likeness (QED) is 0.709. The minimum atomic E-state index is -1.01. The first kappa shape index (κ1) is 14.3. The van der Waals surface area contributed by atoms with Gasteiger partial charge in [0, 0.05) is 0 Å². The van der Waals surface area contributed by atoms with Crippen molar-refractivity contribution in [2.75, 3.05) is 0 Å². The molecule has 0 aliphatic carbocycles. The second-order valence-electron chi connectivity index (χ2n) is 4.62. The number of hydrogen-bond acceptors (Lipinski definition) is 2. The number of benzene rings is 3. The number of hydrogen-bond donors (Lipinski definition) is 2. The molecule has 0 saturated carbocycles. The predicted molar refractivity (Wildman–Crippen MR) is 83.3 cm³/mol. The molecule has 0 unspecified atom stereocenters. The summed E-state index contributed by atoms with van der Waals surface area (Å²) in [6, 6.07) is 16.8. The monoisotopic (exact) mass is 287 g/mol. The van der Waals surface area contributed by atoms with Gasteiger partial charge in [0.2, 0.25) is 0 Å². The average molecular weight is 288 g/mol. The van der Waals surface area contributed by atoms with Crippen molar-refractivity contribution in [1.29, 1.82) is 0 Å². The fourth-order valence-electron chi connectivity index (χ4n) is 2.29. The maximum absolute atomic E-state index is 10.9. The normalized spacial score (nSPS) is 12.1. The van der Waals surface area contributed by atoms with E-state index in [0.29, 0.717) is 5.56 Å². The molecule has 0 bridgehead atoms. The minimum Gasteiger partial charge on any atom is -0.480 e. The lowest BCUT2D eigenvalue weighted by Gasteiger charge is -2.09. The maximum atomic E-state index is 10.9. The predicted octanol–water partition coefficient (Wildman–Crippen LogP) is 3.50. The molecule has 0 radical (unpaired) electrons. The van der Waals surface area contributed by atoms with Gasteiger partial charge in [0.1, 0.15) is 6.04 Å². The Kier molecular flexibility index (Phi) is 3.93. The van der Waals surface area contributed by atoms with Gasteiger partial charge in [-0.3, -0.25) is 4.79 Å². The fourth-order valence-corrected chi connectivity index (χ4v) is 2.29. The maximum Gasteiger partial charge on any atom is 0.325 e. The van der Waals surface area contributed by atoms with Crippen LogP contribution in [0, 0.1) is 0 Å². The summed E-state index contributed by atoms with van der Waals surface area (Å²) in [6.07, 6.45) is 0. The fraction of sp³-hybridized carbons (Fsp3) is 0.0625. The van der Waals surface area contributed by atoms with E-state index in [4.69, 9.17) is 10.8 Å². The number of fused-ring (bicyclic) bond motifs is 2.